The lowest BCUT2D eigenvalue weighted by atomic mass is 9.99. The summed E-state index contributed by atoms with van der Waals surface area (Å²) in [5, 5.41) is 0.321. The zero-order valence-corrected chi connectivity index (χ0v) is 18.9. The van der Waals surface area contributed by atoms with Gasteiger partial charge in [-0.3, -0.25) is 9.59 Å². The zero-order chi connectivity index (χ0) is 23.0. The van der Waals surface area contributed by atoms with Gasteiger partial charge in [-0.15, -0.1) is 0 Å². The van der Waals surface area contributed by atoms with Gasteiger partial charge in [0, 0.05) is 18.8 Å². The molecule has 32 heavy (non-hydrogen) atoms. The van der Waals surface area contributed by atoms with E-state index < -0.39 is 11.2 Å². The molecule has 0 atom stereocenters. The molecule has 0 bridgehead atoms. The molecule has 1 aromatic carbocycles. The second kappa shape index (κ2) is 8.61. The smallest absolute Gasteiger partial charge is 0.337 e. The molecule has 8 heteroatoms. The molecule has 3 heterocycles. The fourth-order valence-corrected chi connectivity index (χ4v) is 4.34. The van der Waals surface area contributed by atoms with Crippen LogP contribution in [0.2, 0.25) is 0 Å². The number of aromatic nitrogens is 3. The molecule has 1 amide bonds. The van der Waals surface area contributed by atoms with Crippen molar-refractivity contribution in [2.75, 3.05) is 20.2 Å². The number of hydrogen-bond acceptors (Lipinski definition) is 5. The molecular weight excluding hydrogens is 408 g/mol. The Balaban J connectivity index is 1.94. The number of rotatable bonds is 4. The van der Waals surface area contributed by atoms with Crippen LogP contribution in [-0.4, -0.2) is 45.1 Å². The largest absolute Gasteiger partial charge is 0.495 e. The van der Waals surface area contributed by atoms with Crippen LogP contribution in [0.4, 0.5) is 0 Å². The highest BCUT2D eigenvalue weighted by Gasteiger charge is 2.24. The molecule has 3 aromatic rings. The number of likely N-dealkylation sites (tertiary alicyclic amines) is 1. The van der Waals surface area contributed by atoms with E-state index in [1.807, 2.05) is 13.8 Å². The van der Waals surface area contributed by atoms with Gasteiger partial charge in [-0.05, 0) is 56.4 Å². The Bertz CT molecular complexity index is 1300. The highest BCUT2D eigenvalue weighted by atomic mass is 16.5. The van der Waals surface area contributed by atoms with Crippen molar-refractivity contribution in [2.24, 2.45) is 5.92 Å². The number of piperidine rings is 1. The molecule has 0 unspecified atom stereocenters. The summed E-state index contributed by atoms with van der Waals surface area (Å²) in [5.74, 6) is 0.820. The number of fused-ring (bicyclic) bond motifs is 1. The van der Waals surface area contributed by atoms with Gasteiger partial charge in [0.1, 0.15) is 12.3 Å². The first-order chi connectivity index (χ1) is 15.3. The fourth-order valence-electron chi connectivity index (χ4n) is 4.34. The van der Waals surface area contributed by atoms with E-state index in [4.69, 9.17) is 4.74 Å². The standard InChI is InChI=1S/C24H28N4O4/c1-15-9-11-26(12-10-15)20(29)14-27-23(30)21-16(2)13-17(3)25-22(21)28(24(27)31)18-7-5-6-8-19(18)32-4/h5-8,13,15H,9-12,14H2,1-4H3. The van der Waals surface area contributed by atoms with E-state index in [2.05, 4.69) is 11.9 Å². The van der Waals surface area contributed by atoms with Gasteiger partial charge in [0.15, 0.2) is 5.65 Å². The van der Waals surface area contributed by atoms with Crippen LogP contribution in [0, 0.1) is 19.8 Å². The maximum absolute atomic E-state index is 13.6. The number of ether oxygens (including phenoxy) is 1. The van der Waals surface area contributed by atoms with E-state index in [-0.39, 0.29) is 18.1 Å². The molecule has 0 saturated carbocycles. The first kappa shape index (κ1) is 21.8. The molecule has 0 N–H and O–H groups in total. The van der Waals surface area contributed by atoms with Gasteiger partial charge >= 0.3 is 5.69 Å². The number of methoxy groups -OCH3 is 1. The van der Waals surface area contributed by atoms with Crippen LogP contribution in [0.3, 0.4) is 0 Å². The van der Waals surface area contributed by atoms with E-state index in [0.29, 0.717) is 47.1 Å². The first-order valence-electron chi connectivity index (χ1n) is 10.9. The predicted molar refractivity (Wildman–Crippen MR) is 123 cm³/mol. The monoisotopic (exact) mass is 436 g/mol. The van der Waals surface area contributed by atoms with Crippen LogP contribution >= 0.6 is 0 Å². The third-order valence-electron chi connectivity index (χ3n) is 6.17. The van der Waals surface area contributed by atoms with Crippen molar-refractivity contribution in [3.63, 3.8) is 0 Å². The first-order valence-corrected chi connectivity index (χ1v) is 10.9. The normalized spacial score (nSPS) is 14.7. The van der Waals surface area contributed by atoms with Gasteiger partial charge in [0.2, 0.25) is 5.91 Å². The number of para-hydroxylation sites is 2. The third-order valence-corrected chi connectivity index (χ3v) is 6.17. The Morgan fingerprint density at radius 2 is 1.84 bits per heavy atom. The van der Waals surface area contributed by atoms with Gasteiger partial charge in [-0.25, -0.2) is 18.9 Å². The fraction of sp³-hybridized carbons (Fsp3) is 0.417. The molecule has 1 aliphatic heterocycles. The highest BCUT2D eigenvalue weighted by molar-refractivity contribution is 5.81. The summed E-state index contributed by atoms with van der Waals surface area (Å²) in [7, 11) is 1.52. The van der Waals surface area contributed by atoms with Crippen LogP contribution in [0.15, 0.2) is 39.9 Å². The number of nitrogens with zero attached hydrogens (tertiary/aromatic N) is 4. The van der Waals surface area contributed by atoms with Crippen molar-refractivity contribution in [3.05, 3.63) is 62.4 Å². The maximum Gasteiger partial charge on any atom is 0.337 e. The minimum atomic E-state index is -0.608. The minimum Gasteiger partial charge on any atom is -0.495 e. The van der Waals surface area contributed by atoms with Gasteiger partial charge in [0.25, 0.3) is 5.56 Å². The molecule has 168 valence electrons. The van der Waals surface area contributed by atoms with Crippen molar-refractivity contribution < 1.29 is 9.53 Å². The molecular formula is C24H28N4O4. The Hall–Kier alpha value is -3.42. The number of benzene rings is 1. The maximum atomic E-state index is 13.6. The summed E-state index contributed by atoms with van der Waals surface area (Å²) in [4.78, 5) is 46.3. The Morgan fingerprint density at radius 1 is 1.16 bits per heavy atom. The van der Waals surface area contributed by atoms with Crippen LogP contribution in [-0.2, 0) is 11.3 Å². The predicted octanol–water partition coefficient (Wildman–Crippen LogP) is 2.43. The highest BCUT2D eigenvalue weighted by Crippen LogP contribution is 2.24. The molecule has 1 fully saturated rings. The van der Waals surface area contributed by atoms with Crippen molar-refractivity contribution in [1.29, 1.82) is 0 Å². The third kappa shape index (κ3) is 3.81. The lowest BCUT2D eigenvalue weighted by molar-refractivity contribution is -0.133. The van der Waals surface area contributed by atoms with E-state index in [0.717, 1.165) is 17.4 Å². The van der Waals surface area contributed by atoms with Gasteiger partial charge in [-0.2, -0.15) is 0 Å². The summed E-state index contributed by atoms with van der Waals surface area (Å²) in [6.45, 7) is 6.78. The summed E-state index contributed by atoms with van der Waals surface area (Å²) >= 11 is 0. The molecule has 2 aromatic heterocycles. The van der Waals surface area contributed by atoms with E-state index in [1.54, 1.807) is 35.2 Å². The number of hydrogen-bond donors (Lipinski definition) is 0. The summed E-state index contributed by atoms with van der Waals surface area (Å²) in [5.41, 5.74) is 1.01. The van der Waals surface area contributed by atoms with Gasteiger partial charge in [0.05, 0.1) is 18.2 Å². The zero-order valence-electron chi connectivity index (χ0n) is 18.9. The quantitative estimate of drug-likeness (QED) is 0.627. The number of carbonyl (C=O) groups is 1. The molecule has 8 nitrogen and oxygen atoms in total. The van der Waals surface area contributed by atoms with Crippen LogP contribution in [0.5, 0.6) is 5.75 Å². The van der Waals surface area contributed by atoms with E-state index >= 15 is 0 Å². The molecule has 1 saturated heterocycles. The summed E-state index contributed by atoms with van der Waals surface area (Å²) in [6.07, 6.45) is 1.85. The van der Waals surface area contributed by atoms with Crippen molar-refractivity contribution in [1.82, 2.24) is 19.0 Å². The van der Waals surface area contributed by atoms with Crippen molar-refractivity contribution >= 4 is 16.9 Å². The second-order valence-electron chi connectivity index (χ2n) is 8.52. The Morgan fingerprint density at radius 3 is 2.53 bits per heavy atom. The van der Waals surface area contributed by atoms with E-state index in [1.165, 1.54) is 11.7 Å². The number of aryl methyl sites for hydroxylation is 2. The lowest BCUT2D eigenvalue weighted by Gasteiger charge is -2.30. The van der Waals surface area contributed by atoms with Crippen molar-refractivity contribution in [3.8, 4) is 11.4 Å². The Labute approximate surface area is 186 Å². The van der Waals surface area contributed by atoms with E-state index in [9.17, 15) is 14.4 Å². The lowest BCUT2D eigenvalue weighted by Crippen LogP contribution is -2.46. The topological polar surface area (TPSA) is 86.4 Å². The SMILES string of the molecule is COc1ccccc1-n1c(=O)n(CC(=O)N2CCC(C)CC2)c(=O)c2c(C)cc(C)nc21. The second-order valence-corrected chi connectivity index (χ2v) is 8.52. The van der Waals surface area contributed by atoms with Gasteiger partial charge in [-0.1, -0.05) is 19.1 Å². The average Bonchev–Trinajstić information content (AvgIpc) is 2.76. The van der Waals surface area contributed by atoms with Gasteiger partial charge < -0.3 is 9.64 Å². The molecule has 0 spiro atoms. The van der Waals surface area contributed by atoms with Crippen LogP contribution in [0.25, 0.3) is 16.7 Å². The molecule has 1 aliphatic rings. The number of amides is 1. The summed E-state index contributed by atoms with van der Waals surface area (Å²) in [6, 6.07) is 8.87. The number of pyridine rings is 1. The van der Waals surface area contributed by atoms with Crippen molar-refractivity contribution in [2.45, 2.75) is 40.2 Å². The number of carbonyl (C=O) groups excluding carboxylic acids is 1. The Kier molecular flexibility index (Phi) is 5.86. The average molecular weight is 437 g/mol. The van der Waals surface area contributed by atoms with Crippen LogP contribution in [0.1, 0.15) is 31.0 Å². The minimum absolute atomic E-state index is 0.222. The summed E-state index contributed by atoms with van der Waals surface area (Å²) < 4.78 is 7.87. The van der Waals surface area contributed by atoms with Crippen LogP contribution < -0.4 is 16.0 Å². The molecule has 0 aliphatic carbocycles. The molecule has 0 radical (unpaired) electrons. The molecule has 4 rings (SSSR count).